The fraction of sp³-hybridized carbons (Fsp3) is 0.379. The van der Waals surface area contributed by atoms with E-state index in [1.165, 1.54) is 58.3 Å². The molecule has 0 saturated carbocycles. The molecule has 3 nitrogen and oxygen atoms in total. The van der Waals surface area contributed by atoms with E-state index in [4.69, 9.17) is 0 Å². The highest BCUT2D eigenvalue weighted by atomic mass is 16.3. The number of benzene rings is 3. The zero-order chi connectivity index (χ0) is 21.5. The monoisotopic (exact) mass is 424 g/mol. The Labute approximate surface area is 191 Å². The summed E-state index contributed by atoms with van der Waals surface area (Å²) in [6.45, 7) is 5.50. The summed E-state index contributed by atoms with van der Waals surface area (Å²) in [5, 5.41) is 13.1. The number of rotatable bonds is 6. The van der Waals surface area contributed by atoms with Gasteiger partial charge >= 0.3 is 0 Å². The molecule has 0 amide bonds. The Morgan fingerprint density at radius 1 is 0.812 bits per heavy atom. The zero-order valence-electron chi connectivity index (χ0n) is 18.6. The van der Waals surface area contributed by atoms with Gasteiger partial charge in [0, 0.05) is 44.6 Å². The molecule has 7 rings (SSSR count). The van der Waals surface area contributed by atoms with Gasteiger partial charge in [-0.25, -0.2) is 0 Å². The number of likely N-dealkylation sites (tertiary alicyclic amines) is 1. The Hall–Kier alpha value is -2.46. The number of nitrogens with one attached hydrogen (secondary N) is 1. The van der Waals surface area contributed by atoms with E-state index in [-0.39, 0.29) is 0 Å². The van der Waals surface area contributed by atoms with Gasteiger partial charge in [0.25, 0.3) is 0 Å². The summed E-state index contributed by atoms with van der Waals surface area (Å²) in [5.41, 5.74) is 10.3. The van der Waals surface area contributed by atoms with Gasteiger partial charge in [-0.2, -0.15) is 0 Å². The smallest absolute Gasteiger partial charge is 0.0471 e. The second-order valence-electron chi connectivity index (χ2n) is 9.76. The van der Waals surface area contributed by atoms with Gasteiger partial charge in [0.2, 0.25) is 0 Å². The first kappa shape index (κ1) is 20.2. The molecule has 1 unspecified atom stereocenters. The largest absolute Gasteiger partial charge is 0.396 e. The van der Waals surface area contributed by atoms with E-state index in [1.807, 2.05) is 0 Å². The van der Waals surface area contributed by atoms with Crippen molar-refractivity contribution in [2.24, 2.45) is 5.92 Å². The molecule has 4 aliphatic rings. The molecule has 32 heavy (non-hydrogen) atoms. The number of aliphatic hydroxyl groups excluding tert-OH is 1. The minimum Gasteiger partial charge on any atom is -0.396 e. The van der Waals surface area contributed by atoms with Crippen LogP contribution in [0.2, 0.25) is 0 Å². The van der Waals surface area contributed by atoms with E-state index >= 15 is 0 Å². The van der Waals surface area contributed by atoms with Crippen molar-refractivity contribution >= 4 is 0 Å². The van der Waals surface area contributed by atoms with Gasteiger partial charge in [0.05, 0.1) is 0 Å². The van der Waals surface area contributed by atoms with E-state index in [9.17, 15) is 5.11 Å². The van der Waals surface area contributed by atoms with Crippen molar-refractivity contribution in [3.63, 3.8) is 0 Å². The van der Waals surface area contributed by atoms with Crippen LogP contribution in [-0.4, -0.2) is 42.8 Å². The molecule has 3 aliphatic carbocycles. The van der Waals surface area contributed by atoms with Gasteiger partial charge < -0.3 is 15.3 Å². The minimum atomic E-state index is 0.327. The third-order valence-electron chi connectivity index (χ3n) is 7.80. The fourth-order valence-corrected chi connectivity index (χ4v) is 6.30. The van der Waals surface area contributed by atoms with E-state index < -0.39 is 0 Å². The molecular formula is C29H32N2O. The molecule has 0 spiro atoms. The molecule has 0 radical (unpaired) electrons. The number of hydrogen-bond donors (Lipinski definition) is 2. The Morgan fingerprint density at radius 2 is 1.44 bits per heavy atom. The van der Waals surface area contributed by atoms with Gasteiger partial charge in [-0.3, -0.25) is 0 Å². The van der Waals surface area contributed by atoms with E-state index in [2.05, 4.69) is 76.9 Å². The molecule has 1 heterocycles. The van der Waals surface area contributed by atoms with Crippen LogP contribution in [0.25, 0.3) is 0 Å². The second-order valence-corrected chi connectivity index (χ2v) is 9.76. The molecule has 0 aromatic heterocycles. The molecule has 1 fully saturated rings. The summed E-state index contributed by atoms with van der Waals surface area (Å²) < 4.78 is 0. The van der Waals surface area contributed by atoms with Gasteiger partial charge in [-0.05, 0) is 64.2 Å². The molecule has 3 heteroatoms. The van der Waals surface area contributed by atoms with Crippen LogP contribution in [-0.2, 0) is 6.54 Å². The van der Waals surface area contributed by atoms with Crippen LogP contribution >= 0.6 is 0 Å². The third kappa shape index (κ3) is 3.40. The highest BCUT2D eigenvalue weighted by Crippen LogP contribution is 2.55. The van der Waals surface area contributed by atoms with Crippen LogP contribution in [0.3, 0.4) is 0 Å². The molecular weight excluding hydrogens is 392 g/mol. The summed E-state index contributed by atoms with van der Waals surface area (Å²) >= 11 is 0. The number of nitrogens with zero attached hydrogens (tertiary/aromatic N) is 1. The van der Waals surface area contributed by atoms with E-state index in [0.717, 1.165) is 26.2 Å². The highest BCUT2D eigenvalue weighted by Gasteiger charge is 2.40. The maximum Gasteiger partial charge on any atom is 0.0471 e. The number of hydrogen-bond acceptors (Lipinski definition) is 3. The molecule has 3 aromatic carbocycles. The van der Waals surface area contributed by atoms with Crippen LogP contribution < -0.4 is 5.32 Å². The first-order valence-corrected chi connectivity index (χ1v) is 12.2. The Kier molecular flexibility index (Phi) is 5.34. The van der Waals surface area contributed by atoms with Crippen LogP contribution in [0.15, 0.2) is 66.7 Å². The predicted molar refractivity (Wildman–Crippen MR) is 129 cm³/mol. The highest BCUT2D eigenvalue weighted by molar-refractivity contribution is 5.68. The van der Waals surface area contributed by atoms with Crippen molar-refractivity contribution in [1.29, 1.82) is 0 Å². The molecule has 1 atom stereocenters. The summed E-state index contributed by atoms with van der Waals surface area (Å²) in [6.07, 6.45) is 2.38. The fourth-order valence-electron chi connectivity index (χ4n) is 6.30. The Morgan fingerprint density at radius 3 is 2.09 bits per heavy atom. The lowest BCUT2D eigenvalue weighted by Crippen LogP contribution is -2.40. The van der Waals surface area contributed by atoms with E-state index in [0.29, 0.717) is 24.4 Å². The molecule has 2 bridgehead atoms. The summed E-state index contributed by atoms with van der Waals surface area (Å²) in [7, 11) is 0. The Bertz CT molecular complexity index is 1080. The van der Waals surface area contributed by atoms with Crippen molar-refractivity contribution in [1.82, 2.24) is 10.2 Å². The van der Waals surface area contributed by atoms with Crippen molar-refractivity contribution in [2.75, 3.05) is 32.8 Å². The third-order valence-corrected chi connectivity index (χ3v) is 7.80. The average Bonchev–Trinajstić information content (AvgIpc) is 2.86. The van der Waals surface area contributed by atoms with E-state index in [1.54, 1.807) is 0 Å². The molecule has 3 aromatic rings. The summed E-state index contributed by atoms with van der Waals surface area (Å²) in [4.78, 5) is 2.50. The molecule has 1 saturated heterocycles. The topological polar surface area (TPSA) is 35.5 Å². The van der Waals surface area contributed by atoms with Crippen molar-refractivity contribution in [3.05, 3.63) is 106 Å². The lowest BCUT2D eigenvalue weighted by atomic mass is 9.61. The summed E-state index contributed by atoms with van der Waals surface area (Å²) in [6, 6.07) is 25.2. The molecule has 1 aliphatic heterocycles. The average molecular weight is 425 g/mol. The lowest BCUT2D eigenvalue weighted by molar-refractivity contribution is 0.121. The van der Waals surface area contributed by atoms with Crippen molar-refractivity contribution in [2.45, 2.75) is 31.2 Å². The SMILES string of the molecule is OCC1CCCN(CCNCc2ccc3c(c2)C2c4ccccc4C3c3ccccc32)C1. The maximum atomic E-state index is 9.45. The standard InChI is InChI=1S/C29H32N2O/c32-19-21-6-5-14-31(18-21)15-13-30-17-20-11-12-26-27(16-20)29-24-9-3-1-7-22(24)28(26)23-8-2-4-10-25(23)29/h1-4,7-12,16,21,28-30,32H,5-6,13-15,17-19H2. The zero-order valence-corrected chi connectivity index (χ0v) is 18.6. The number of aliphatic hydroxyl groups is 1. The first-order chi connectivity index (χ1) is 15.8. The second kappa shape index (κ2) is 8.47. The van der Waals surface area contributed by atoms with Gasteiger partial charge in [0.15, 0.2) is 0 Å². The van der Waals surface area contributed by atoms with Crippen molar-refractivity contribution in [3.8, 4) is 0 Å². The van der Waals surface area contributed by atoms with Gasteiger partial charge in [0.1, 0.15) is 0 Å². The Balaban J connectivity index is 1.19. The first-order valence-electron chi connectivity index (χ1n) is 12.2. The van der Waals surface area contributed by atoms with Crippen molar-refractivity contribution < 1.29 is 5.11 Å². The predicted octanol–water partition coefficient (Wildman–Crippen LogP) is 4.47. The minimum absolute atomic E-state index is 0.327. The van der Waals surface area contributed by atoms with Crippen LogP contribution in [0.5, 0.6) is 0 Å². The maximum absolute atomic E-state index is 9.45. The van der Waals surface area contributed by atoms with Crippen LogP contribution in [0.4, 0.5) is 0 Å². The summed E-state index contributed by atoms with van der Waals surface area (Å²) in [5.74, 6) is 1.18. The van der Waals surface area contributed by atoms with Gasteiger partial charge in [-0.15, -0.1) is 0 Å². The lowest BCUT2D eigenvalue weighted by Gasteiger charge is -2.42. The number of piperidine rings is 1. The normalized spacial score (nSPS) is 23.5. The molecule has 164 valence electrons. The van der Waals surface area contributed by atoms with Crippen LogP contribution in [0, 0.1) is 5.92 Å². The van der Waals surface area contributed by atoms with Gasteiger partial charge in [-0.1, -0.05) is 66.7 Å². The molecule has 2 N–H and O–H groups in total. The quantitative estimate of drug-likeness (QED) is 0.395. The van der Waals surface area contributed by atoms with Crippen LogP contribution in [0.1, 0.15) is 63.6 Å².